The number of phenolic OH excluding ortho intramolecular Hbond substituents is 3. The van der Waals surface area contributed by atoms with E-state index in [-0.39, 0.29) is 17.2 Å². The second-order valence-corrected chi connectivity index (χ2v) is 8.97. The van der Waals surface area contributed by atoms with Gasteiger partial charge in [-0.2, -0.15) is 0 Å². The highest BCUT2D eigenvalue weighted by atomic mass is 127. The Labute approximate surface area is 185 Å². The number of hydrogen-bond acceptors (Lipinski definition) is 4. The van der Waals surface area contributed by atoms with Gasteiger partial charge in [0.05, 0.1) is 17.1 Å². The Morgan fingerprint density at radius 3 is 1.04 bits per heavy atom. The van der Waals surface area contributed by atoms with E-state index in [1.165, 1.54) is 0 Å². The van der Waals surface area contributed by atoms with E-state index < -0.39 is 0 Å². The first-order valence-corrected chi connectivity index (χ1v) is 10.4. The molecule has 3 N–H and O–H groups in total. The van der Waals surface area contributed by atoms with Crippen molar-refractivity contribution in [2.75, 3.05) is 4.90 Å². The van der Waals surface area contributed by atoms with Crippen LogP contribution in [-0.2, 0) is 0 Å². The summed E-state index contributed by atoms with van der Waals surface area (Å²) < 4.78 is 2.66. The number of benzene rings is 3. The van der Waals surface area contributed by atoms with E-state index in [0.29, 0.717) is 17.1 Å². The zero-order valence-corrected chi connectivity index (χ0v) is 19.1. The van der Waals surface area contributed by atoms with E-state index in [1.54, 1.807) is 41.3 Å². The molecule has 0 saturated carbocycles. The molecular formula is C18H12I3NO3. The molecule has 0 aromatic heterocycles. The van der Waals surface area contributed by atoms with Gasteiger partial charge in [-0.15, -0.1) is 0 Å². The lowest BCUT2D eigenvalue weighted by atomic mass is 10.1. The molecule has 0 radical (unpaired) electrons. The number of halogens is 3. The van der Waals surface area contributed by atoms with Crippen LogP contribution in [0.4, 0.5) is 17.1 Å². The number of rotatable bonds is 3. The van der Waals surface area contributed by atoms with Gasteiger partial charge < -0.3 is 15.3 Å². The second-order valence-electron chi connectivity index (χ2n) is 5.23. The smallest absolute Gasteiger partial charge is 0.140 e. The third-order valence-electron chi connectivity index (χ3n) is 3.54. The van der Waals surface area contributed by atoms with Crippen molar-refractivity contribution in [3.8, 4) is 17.2 Å². The van der Waals surface area contributed by atoms with Crippen LogP contribution in [0.25, 0.3) is 0 Å². The van der Waals surface area contributed by atoms with E-state index >= 15 is 0 Å². The largest absolute Gasteiger partial charge is 0.506 e. The Morgan fingerprint density at radius 1 is 0.520 bits per heavy atom. The lowest BCUT2D eigenvalue weighted by Gasteiger charge is -2.27. The zero-order valence-electron chi connectivity index (χ0n) is 12.6. The van der Waals surface area contributed by atoms with E-state index in [1.807, 2.05) is 18.2 Å². The minimum Gasteiger partial charge on any atom is -0.506 e. The fourth-order valence-electron chi connectivity index (χ4n) is 2.45. The molecule has 0 amide bonds. The maximum Gasteiger partial charge on any atom is 0.140 e. The van der Waals surface area contributed by atoms with E-state index in [2.05, 4.69) is 67.8 Å². The highest BCUT2D eigenvalue weighted by Crippen LogP contribution is 2.46. The van der Waals surface area contributed by atoms with Gasteiger partial charge in [0.25, 0.3) is 0 Å². The van der Waals surface area contributed by atoms with Crippen LogP contribution in [0, 0.1) is 10.7 Å². The van der Waals surface area contributed by atoms with Crippen LogP contribution in [0.3, 0.4) is 0 Å². The Bertz CT molecular complexity index is 824. The summed E-state index contributed by atoms with van der Waals surface area (Å²) in [5.74, 6) is 0.174. The first kappa shape index (κ1) is 18.8. The van der Waals surface area contributed by atoms with Crippen LogP contribution in [0.15, 0.2) is 54.6 Å². The molecule has 25 heavy (non-hydrogen) atoms. The Hall–Kier alpha value is -0.950. The number of anilines is 3. The molecule has 0 aliphatic rings. The Kier molecular flexibility index (Phi) is 5.83. The highest BCUT2D eigenvalue weighted by Gasteiger charge is 2.22. The quantitative estimate of drug-likeness (QED) is 0.296. The van der Waals surface area contributed by atoms with Crippen molar-refractivity contribution in [1.29, 1.82) is 0 Å². The van der Waals surface area contributed by atoms with Crippen molar-refractivity contribution in [2.24, 2.45) is 0 Å². The predicted molar refractivity (Wildman–Crippen MR) is 124 cm³/mol. The molecule has 128 valence electrons. The van der Waals surface area contributed by atoms with Crippen molar-refractivity contribution in [1.82, 2.24) is 0 Å². The molecule has 7 heteroatoms. The normalized spacial score (nSPS) is 10.7. The molecule has 0 fully saturated rings. The summed E-state index contributed by atoms with van der Waals surface area (Å²) in [4.78, 5) is 1.64. The molecule has 0 bridgehead atoms. The van der Waals surface area contributed by atoms with E-state index in [9.17, 15) is 15.3 Å². The summed E-state index contributed by atoms with van der Waals surface area (Å²) in [7, 11) is 0. The minimum atomic E-state index is 0.0581. The lowest BCUT2D eigenvalue weighted by molar-refractivity contribution is 0.468. The van der Waals surface area contributed by atoms with Gasteiger partial charge in [-0.1, -0.05) is 0 Å². The molecule has 0 spiro atoms. The lowest BCUT2D eigenvalue weighted by Crippen LogP contribution is -2.11. The van der Waals surface area contributed by atoms with E-state index in [0.717, 1.165) is 10.7 Å². The van der Waals surface area contributed by atoms with Crippen LogP contribution in [0.1, 0.15) is 0 Å². The number of hydrogen-bond donors (Lipinski definition) is 3. The molecule has 4 nitrogen and oxygen atoms in total. The number of nitrogens with zero attached hydrogens (tertiary/aromatic N) is 1. The molecule has 0 unspecified atom stereocenters. The van der Waals surface area contributed by atoms with Crippen LogP contribution in [-0.4, -0.2) is 15.3 Å². The van der Waals surface area contributed by atoms with Crippen molar-refractivity contribution in [2.45, 2.75) is 0 Å². The van der Waals surface area contributed by atoms with Gasteiger partial charge in [0.2, 0.25) is 0 Å². The van der Waals surface area contributed by atoms with Crippen LogP contribution < -0.4 is 4.90 Å². The fraction of sp³-hybridized carbons (Fsp3) is 0. The third-order valence-corrected chi connectivity index (χ3v) is 5.55. The second kappa shape index (κ2) is 7.74. The van der Waals surface area contributed by atoms with E-state index in [4.69, 9.17) is 0 Å². The first-order valence-electron chi connectivity index (χ1n) is 7.12. The van der Waals surface area contributed by atoms with Crippen molar-refractivity contribution >= 4 is 84.8 Å². The van der Waals surface area contributed by atoms with Gasteiger partial charge in [-0.25, -0.2) is 0 Å². The molecule has 3 aromatic rings. The van der Waals surface area contributed by atoms with Crippen LogP contribution >= 0.6 is 67.8 Å². The van der Waals surface area contributed by atoms with Crippen LogP contribution in [0.5, 0.6) is 17.2 Å². The number of aromatic hydroxyl groups is 3. The summed E-state index contributed by atoms with van der Waals surface area (Å²) in [6.07, 6.45) is 0. The first-order chi connectivity index (χ1) is 11.9. The summed E-state index contributed by atoms with van der Waals surface area (Å²) >= 11 is 6.35. The molecule has 0 aliphatic heterocycles. The van der Waals surface area contributed by atoms with Gasteiger partial charge in [0, 0.05) is 10.7 Å². The molecule has 3 aromatic carbocycles. The van der Waals surface area contributed by atoms with Crippen LogP contribution in [0.2, 0.25) is 0 Å². The fourth-order valence-corrected chi connectivity index (χ4v) is 3.87. The van der Waals surface area contributed by atoms with Gasteiger partial charge in [0.15, 0.2) is 0 Å². The standard InChI is InChI=1S/C18H12I3NO3/c19-10-1-4-13(16(23)7-10)22(14-5-2-11(20)8-17(14)24)15-6-3-12(21)9-18(15)25/h1-9,23-25H. The van der Waals surface area contributed by atoms with Gasteiger partial charge in [-0.05, 0) is 122 Å². The summed E-state index contributed by atoms with van der Waals surface area (Å²) in [6.45, 7) is 0. The molecule has 0 saturated heterocycles. The Morgan fingerprint density at radius 2 is 0.800 bits per heavy atom. The number of phenols is 3. The summed E-state index contributed by atoms with van der Waals surface area (Å²) in [6, 6.07) is 15.7. The van der Waals surface area contributed by atoms with Gasteiger partial charge in [0.1, 0.15) is 17.2 Å². The highest BCUT2D eigenvalue weighted by molar-refractivity contribution is 14.1. The molecule has 0 heterocycles. The topological polar surface area (TPSA) is 63.9 Å². The van der Waals surface area contributed by atoms with Crippen molar-refractivity contribution in [3.05, 3.63) is 65.3 Å². The maximum absolute atomic E-state index is 10.5. The molecule has 0 aliphatic carbocycles. The van der Waals surface area contributed by atoms with Crippen molar-refractivity contribution in [3.63, 3.8) is 0 Å². The third kappa shape index (κ3) is 4.08. The molecular weight excluding hydrogens is 659 g/mol. The molecule has 3 rings (SSSR count). The predicted octanol–water partition coefficient (Wildman–Crippen LogP) is 6.09. The van der Waals surface area contributed by atoms with Gasteiger partial charge >= 0.3 is 0 Å². The SMILES string of the molecule is Oc1cc(I)ccc1N(c1ccc(I)cc1O)c1ccc(I)cc1O. The van der Waals surface area contributed by atoms with Crippen molar-refractivity contribution < 1.29 is 15.3 Å². The maximum atomic E-state index is 10.5. The average Bonchev–Trinajstić information content (AvgIpc) is 2.52. The monoisotopic (exact) mass is 671 g/mol. The summed E-state index contributed by atoms with van der Waals surface area (Å²) in [5, 5.41) is 31.4. The van der Waals surface area contributed by atoms with Gasteiger partial charge in [-0.3, -0.25) is 4.90 Å². The Balaban J connectivity index is 2.27. The zero-order chi connectivity index (χ0) is 18.1. The molecule has 0 atom stereocenters. The minimum absolute atomic E-state index is 0.0581. The summed E-state index contributed by atoms with van der Waals surface area (Å²) in [5.41, 5.74) is 1.40. The average molecular weight is 671 g/mol.